The van der Waals surface area contributed by atoms with Crippen molar-refractivity contribution in [3.63, 3.8) is 0 Å². The zero-order valence-corrected chi connectivity index (χ0v) is 16.9. The molecule has 2 aromatic carbocycles. The Morgan fingerprint density at radius 2 is 1.76 bits per heavy atom. The molecular formula is C20H17ClN4O3S. The van der Waals surface area contributed by atoms with Gasteiger partial charge in [-0.05, 0) is 55.5 Å². The van der Waals surface area contributed by atoms with E-state index in [4.69, 9.17) is 16.4 Å². The molecule has 0 bridgehead atoms. The molecule has 9 heteroatoms. The number of halogens is 1. The number of aliphatic imine (C=N–C) groups is 1. The third kappa shape index (κ3) is 3.95. The number of nitrogens with zero attached hydrogens (tertiary/aromatic N) is 2. The van der Waals surface area contributed by atoms with Gasteiger partial charge < -0.3 is 0 Å². The molecule has 1 unspecified atom stereocenters. The molecule has 0 spiro atoms. The molecule has 2 N–H and O–H groups in total. The number of amidine groups is 1. The molecule has 0 aliphatic carbocycles. The number of hydrogen-bond donors (Lipinski definition) is 2. The second kappa shape index (κ2) is 7.47. The average molecular weight is 429 g/mol. The van der Waals surface area contributed by atoms with Crippen LogP contribution < -0.4 is 10.2 Å². The molecule has 4 rings (SSSR count). The first-order valence-electron chi connectivity index (χ1n) is 8.71. The highest BCUT2D eigenvalue weighted by Crippen LogP contribution is 2.29. The summed E-state index contributed by atoms with van der Waals surface area (Å²) in [6.45, 7) is 1.79. The molecule has 0 fully saturated rings. The van der Waals surface area contributed by atoms with Gasteiger partial charge in [-0.3, -0.25) is 9.71 Å². The van der Waals surface area contributed by atoms with Gasteiger partial charge in [-0.2, -0.15) is 0 Å². The number of aromatic nitrogens is 1. The van der Waals surface area contributed by atoms with Crippen molar-refractivity contribution in [2.45, 2.75) is 17.5 Å². The molecule has 1 aliphatic heterocycles. The van der Waals surface area contributed by atoms with Crippen molar-refractivity contribution in [1.82, 2.24) is 10.5 Å². The van der Waals surface area contributed by atoms with E-state index in [1.165, 1.54) is 12.1 Å². The fraction of sp³-hybridized carbons (Fsp3) is 0.100. The van der Waals surface area contributed by atoms with Crippen LogP contribution in [0.25, 0.3) is 0 Å². The highest BCUT2D eigenvalue weighted by Gasteiger charge is 2.35. The van der Waals surface area contributed by atoms with Crippen LogP contribution in [0.5, 0.6) is 0 Å². The number of hydrogen-bond acceptors (Lipinski definition) is 6. The van der Waals surface area contributed by atoms with E-state index in [1.807, 2.05) is 18.2 Å². The summed E-state index contributed by atoms with van der Waals surface area (Å²) in [5.41, 5.74) is 3.49. The van der Waals surface area contributed by atoms with E-state index >= 15 is 0 Å². The fourth-order valence-electron chi connectivity index (χ4n) is 2.82. The van der Waals surface area contributed by atoms with Gasteiger partial charge in [0.15, 0.2) is 5.84 Å². The molecule has 7 nitrogen and oxygen atoms in total. The zero-order chi connectivity index (χ0) is 20.5. The van der Waals surface area contributed by atoms with Crippen molar-refractivity contribution in [3.05, 3.63) is 89.2 Å². The van der Waals surface area contributed by atoms with Crippen LogP contribution >= 0.6 is 11.6 Å². The lowest BCUT2D eigenvalue weighted by atomic mass is 10.1. The van der Waals surface area contributed by atoms with E-state index < -0.39 is 15.7 Å². The lowest BCUT2D eigenvalue weighted by molar-refractivity contribution is -0.0482. The third-order valence-electron chi connectivity index (χ3n) is 4.37. The van der Waals surface area contributed by atoms with E-state index in [1.54, 1.807) is 49.5 Å². The number of hydroxylamine groups is 1. The second-order valence-electron chi connectivity index (χ2n) is 6.47. The van der Waals surface area contributed by atoms with Crippen LogP contribution in [0, 0.1) is 0 Å². The summed E-state index contributed by atoms with van der Waals surface area (Å²) < 4.78 is 27.7. The van der Waals surface area contributed by atoms with Crippen molar-refractivity contribution in [1.29, 1.82) is 0 Å². The van der Waals surface area contributed by atoms with Crippen molar-refractivity contribution in [2.24, 2.45) is 4.99 Å². The molecule has 2 heterocycles. The Labute approximate surface area is 173 Å². The van der Waals surface area contributed by atoms with Crippen LogP contribution in [0.3, 0.4) is 0 Å². The maximum absolute atomic E-state index is 12.6. The Bertz CT molecular complexity index is 1170. The van der Waals surface area contributed by atoms with Crippen molar-refractivity contribution in [3.8, 4) is 0 Å². The van der Waals surface area contributed by atoms with E-state index in [-0.39, 0.29) is 4.90 Å². The summed E-state index contributed by atoms with van der Waals surface area (Å²) in [6, 6.07) is 18.4. The van der Waals surface area contributed by atoms with Crippen LogP contribution in [0.15, 0.2) is 82.8 Å². The monoisotopic (exact) mass is 428 g/mol. The highest BCUT2D eigenvalue weighted by molar-refractivity contribution is 7.92. The molecule has 1 atom stereocenters. The number of para-hydroxylation sites is 1. The van der Waals surface area contributed by atoms with Gasteiger partial charge in [-0.1, -0.05) is 29.8 Å². The molecule has 0 saturated heterocycles. The number of sulfonamides is 1. The van der Waals surface area contributed by atoms with Gasteiger partial charge in [0.1, 0.15) is 0 Å². The zero-order valence-electron chi connectivity index (χ0n) is 15.3. The summed E-state index contributed by atoms with van der Waals surface area (Å²) in [5, 5.41) is 0.322. The molecule has 0 saturated carbocycles. The lowest BCUT2D eigenvalue weighted by Crippen LogP contribution is -2.25. The van der Waals surface area contributed by atoms with E-state index in [0.717, 1.165) is 0 Å². The Balaban J connectivity index is 1.57. The molecule has 148 valence electrons. The van der Waals surface area contributed by atoms with E-state index in [9.17, 15) is 8.42 Å². The number of nitrogens with one attached hydrogen (secondary N) is 2. The summed E-state index contributed by atoms with van der Waals surface area (Å²) in [5.74, 6) is 0.487. The fourth-order valence-corrected chi connectivity index (χ4v) is 4.14. The SMILES string of the molecule is CC1(c2ccccn2)N=C(c2ccc(S(=O)(=O)Nc3ccccc3Cl)cc2)NO1. The molecule has 0 amide bonds. The van der Waals surface area contributed by atoms with Gasteiger partial charge in [0.25, 0.3) is 10.0 Å². The topological polar surface area (TPSA) is 92.7 Å². The summed E-state index contributed by atoms with van der Waals surface area (Å²) in [6.07, 6.45) is 1.67. The van der Waals surface area contributed by atoms with E-state index in [0.29, 0.717) is 27.8 Å². The van der Waals surface area contributed by atoms with Crippen LogP contribution in [-0.4, -0.2) is 19.2 Å². The largest absolute Gasteiger partial charge is 0.278 e. The molecule has 1 aromatic heterocycles. The Morgan fingerprint density at radius 1 is 1.03 bits per heavy atom. The summed E-state index contributed by atoms with van der Waals surface area (Å²) >= 11 is 6.04. The van der Waals surface area contributed by atoms with Crippen molar-refractivity contribution in [2.75, 3.05) is 4.72 Å². The Morgan fingerprint density at radius 3 is 2.45 bits per heavy atom. The first kappa shape index (κ1) is 19.4. The predicted molar refractivity (Wildman–Crippen MR) is 111 cm³/mol. The molecule has 29 heavy (non-hydrogen) atoms. The number of rotatable bonds is 5. The minimum absolute atomic E-state index is 0.105. The van der Waals surface area contributed by atoms with Gasteiger partial charge in [0, 0.05) is 11.8 Å². The standard InChI is InChI=1S/C20H17ClN4O3S/c1-20(18-8-4-5-13-22-18)23-19(24-28-20)14-9-11-15(12-10-14)29(26,27)25-17-7-3-2-6-16(17)21/h2-13,25H,1H3,(H,23,24). The van der Waals surface area contributed by atoms with Gasteiger partial charge in [0.05, 0.1) is 21.3 Å². The number of anilines is 1. The molecular weight excluding hydrogens is 412 g/mol. The van der Waals surface area contributed by atoms with Gasteiger partial charge in [-0.15, -0.1) is 0 Å². The first-order valence-corrected chi connectivity index (χ1v) is 10.6. The second-order valence-corrected chi connectivity index (χ2v) is 8.56. The van der Waals surface area contributed by atoms with Crippen LogP contribution in [0.1, 0.15) is 18.2 Å². The lowest BCUT2D eigenvalue weighted by Gasteiger charge is -2.17. The number of benzene rings is 2. The minimum atomic E-state index is -3.78. The van der Waals surface area contributed by atoms with Gasteiger partial charge in [0.2, 0.25) is 5.72 Å². The normalized spacial score (nSPS) is 18.8. The smallest absolute Gasteiger partial charge is 0.261 e. The van der Waals surface area contributed by atoms with Gasteiger partial charge >= 0.3 is 0 Å². The quantitative estimate of drug-likeness (QED) is 0.646. The average Bonchev–Trinajstić information content (AvgIpc) is 3.14. The maximum Gasteiger partial charge on any atom is 0.261 e. The highest BCUT2D eigenvalue weighted by atomic mass is 35.5. The molecule has 1 aliphatic rings. The molecule has 3 aromatic rings. The summed E-state index contributed by atoms with van der Waals surface area (Å²) in [4.78, 5) is 14.6. The molecule has 0 radical (unpaired) electrons. The van der Waals surface area contributed by atoms with E-state index in [2.05, 4.69) is 20.2 Å². The Kier molecular flexibility index (Phi) is 4.99. The van der Waals surface area contributed by atoms with Crippen molar-refractivity contribution >= 4 is 33.1 Å². The summed E-state index contributed by atoms with van der Waals surface area (Å²) in [7, 11) is -3.78. The van der Waals surface area contributed by atoms with Crippen LogP contribution in [0.4, 0.5) is 5.69 Å². The Hall–Kier alpha value is -2.94. The first-order chi connectivity index (χ1) is 13.9. The van der Waals surface area contributed by atoms with Crippen LogP contribution in [0.2, 0.25) is 5.02 Å². The van der Waals surface area contributed by atoms with Crippen molar-refractivity contribution < 1.29 is 13.3 Å². The minimum Gasteiger partial charge on any atom is -0.278 e. The van der Waals surface area contributed by atoms with Gasteiger partial charge in [-0.25, -0.2) is 23.7 Å². The maximum atomic E-state index is 12.6. The predicted octanol–water partition coefficient (Wildman–Crippen LogP) is 3.69. The van der Waals surface area contributed by atoms with Crippen LogP contribution in [-0.2, 0) is 20.6 Å². The number of pyridine rings is 1. The third-order valence-corrected chi connectivity index (χ3v) is 6.08.